The lowest BCUT2D eigenvalue weighted by molar-refractivity contribution is -0.121. The minimum absolute atomic E-state index is 0.00229. The number of carbonyl (C=O) groups excluding carboxylic acids is 1. The van der Waals surface area contributed by atoms with Crippen LogP contribution in [0.25, 0.3) is 0 Å². The van der Waals surface area contributed by atoms with E-state index >= 15 is 0 Å². The van der Waals surface area contributed by atoms with E-state index in [1.807, 2.05) is 30.5 Å². The number of carbonyl (C=O) groups is 1. The van der Waals surface area contributed by atoms with E-state index in [1.165, 1.54) is 30.6 Å². The molecule has 0 spiro atoms. The Bertz CT molecular complexity index is 429. The fourth-order valence-corrected chi connectivity index (χ4v) is 2.40. The molecule has 0 aliphatic carbocycles. The van der Waals surface area contributed by atoms with Crippen LogP contribution in [0.2, 0.25) is 0 Å². The highest BCUT2D eigenvalue weighted by Gasteiger charge is 1.99. The van der Waals surface area contributed by atoms with Crippen molar-refractivity contribution in [3.05, 3.63) is 29.8 Å². The number of unbranched alkanes of at least 4 members (excludes halogenated alkanes) is 5. The number of benzene rings is 1. The van der Waals surface area contributed by atoms with E-state index in [2.05, 4.69) is 17.5 Å². The SMILES string of the molecule is CCCCCCCCC(=O)NN=Cc1ccc(SC)cc1. The number of hydrogen-bond donors (Lipinski definition) is 1. The molecule has 1 N–H and O–H groups in total. The smallest absolute Gasteiger partial charge is 0.240 e. The van der Waals surface area contributed by atoms with Crippen molar-refractivity contribution < 1.29 is 4.79 Å². The van der Waals surface area contributed by atoms with Crippen molar-refractivity contribution in [1.29, 1.82) is 0 Å². The Morgan fingerprint density at radius 3 is 2.48 bits per heavy atom. The summed E-state index contributed by atoms with van der Waals surface area (Å²) >= 11 is 1.71. The van der Waals surface area contributed by atoms with Crippen molar-refractivity contribution in [2.75, 3.05) is 6.26 Å². The summed E-state index contributed by atoms with van der Waals surface area (Å²) in [5.74, 6) is 0.00229. The van der Waals surface area contributed by atoms with E-state index in [1.54, 1.807) is 18.0 Å². The summed E-state index contributed by atoms with van der Waals surface area (Å²) in [7, 11) is 0. The third kappa shape index (κ3) is 8.56. The Balaban J connectivity index is 2.15. The van der Waals surface area contributed by atoms with Crippen molar-refractivity contribution >= 4 is 23.9 Å². The van der Waals surface area contributed by atoms with Crippen molar-refractivity contribution in [1.82, 2.24) is 5.43 Å². The third-order valence-electron chi connectivity index (χ3n) is 3.28. The Kier molecular flexibility index (Phi) is 9.62. The molecule has 1 amide bonds. The molecule has 3 nitrogen and oxygen atoms in total. The molecule has 0 saturated carbocycles. The van der Waals surface area contributed by atoms with Gasteiger partial charge >= 0.3 is 0 Å². The Morgan fingerprint density at radius 2 is 1.81 bits per heavy atom. The van der Waals surface area contributed by atoms with Crippen molar-refractivity contribution in [2.24, 2.45) is 5.10 Å². The number of amides is 1. The molecule has 21 heavy (non-hydrogen) atoms. The quantitative estimate of drug-likeness (QED) is 0.297. The average Bonchev–Trinajstić information content (AvgIpc) is 2.51. The van der Waals surface area contributed by atoms with Crippen molar-refractivity contribution in [3.8, 4) is 0 Å². The first-order valence-corrected chi connectivity index (χ1v) is 8.94. The molecule has 0 atom stereocenters. The number of nitrogens with zero attached hydrogens (tertiary/aromatic N) is 1. The molecule has 0 aliphatic rings. The van der Waals surface area contributed by atoms with Gasteiger partial charge in [-0.25, -0.2) is 5.43 Å². The zero-order valence-electron chi connectivity index (χ0n) is 13.1. The predicted octanol–water partition coefficient (Wildman–Crippen LogP) is 4.61. The van der Waals surface area contributed by atoms with Crippen LogP contribution in [0.15, 0.2) is 34.3 Å². The second-order valence-corrected chi connectivity index (χ2v) is 5.96. The largest absolute Gasteiger partial charge is 0.273 e. The van der Waals surface area contributed by atoms with Gasteiger partial charge < -0.3 is 0 Å². The lowest BCUT2D eigenvalue weighted by Gasteiger charge is -2.01. The molecular formula is C17H26N2OS. The van der Waals surface area contributed by atoms with E-state index in [4.69, 9.17) is 0 Å². The van der Waals surface area contributed by atoms with Crippen LogP contribution in [0.5, 0.6) is 0 Å². The molecule has 1 rings (SSSR count). The summed E-state index contributed by atoms with van der Waals surface area (Å²) < 4.78 is 0. The van der Waals surface area contributed by atoms with Crippen LogP contribution in [0, 0.1) is 0 Å². The van der Waals surface area contributed by atoms with Crippen molar-refractivity contribution in [3.63, 3.8) is 0 Å². The van der Waals surface area contributed by atoms with Gasteiger partial charge in [-0.3, -0.25) is 4.79 Å². The second-order valence-electron chi connectivity index (χ2n) is 5.08. The van der Waals surface area contributed by atoms with Crippen molar-refractivity contribution in [2.45, 2.75) is 56.8 Å². The molecule has 0 heterocycles. The molecule has 0 saturated heterocycles. The number of rotatable bonds is 10. The van der Waals surface area contributed by atoms with E-state index in [0.717, 1.165) is 18.4 Å². The average molecular weight is 306 g/mol. The van der Waals surface area contributed by atoms with E-state index in [-0.39, 0.29) is 5.91 Å². The first kappa shape index (κ1) is 17.8. The first-order chi connectivity index (χ1) is 10.3. The Morgan fingerprint density at radius 1 is 1.14 bits per heavy atom. The lowest BCUT2D eigenvalue weighted by atomic mass is 10.1. The molecule has 0 unspecified atom stereocenters. The van der Waals surface area contributed by atoms with Gasteiger partial charge in [-0.2, -0.15) is 5.10 Å². The highest BCUT2D eigenvalue weighted by atomic mass is 32.2. The van der Waals surface area contributed by atoms with Gasteiger partial charge in [-0.1, -0.05) is 51.2 Å². The summed E-state index contributed by atoms with van der Waals surface area (Å²) in [6.45, 7) is 2.21. The summed E-state index contributed by atoms with van der Waals surface area (Å²) in [5, 5.41) is 3.99. The summed E-state index contributed by atoms with van der Waals surface area (Å²) in [4.78, 5) is 12.8. The molecule has 0 fully saturated rings. The van der Waals surface area contributed by atoms with Gasteiger partial charge in [0.15, 0.2) is 0 Å². The summed E-state index contributed by atoms with van der Waals surface area (Å²) in [6.07, 6.45) is 11.4. The minimum atomic E-state index is 0.00229. The van der Waals surface area contributed by atoms with Gasteiger partial charge in [-0.05, 0) is 30.4 Å². The molecule has 0 aliphatic heterocycles. The molecule has 1 aromatic rings. The highest BCUT2D eigenvalue weighted by Crippen LogP contribution is 2.13. The monoisotopic (exact) mass is 306 g/mol. The number of hydrazone groups is 1. The normalized spacial score (nSPS) is 11.0. The van der Waals surface area contributed by atoms with Crippen LogP contribution in [0.3, 0.4) is 0 Å². The lowest BCUT2D eigenvalue weighted by Crippen LogP contribution is -2.16. The minimum Gasteiger partial charge on any atom is -0.273 e. The van der Waals surface area contributed by atoms with Gasteiger partial charge in [0.05, 0.1) is 6.21 Å². The van der Waals surface area contributed by atoms with Crippen LogP contribution in [-0.4, -0.2) is 18.4 Å². The summed E-state index contributed by atoms with van der Waals surface area (Å²) in [6, 6.07) is 8.08. The fourth-order valence-electron chi connectivity index (χ4n) is 1.99. The number of nitrogens with one attached hydrogen (secondary N) is 1. The molecule has 4 heteroatoms. The number of hydrogen-bond acceptors (Lipinski definition) is 3. The Hall–Kier alpha value is -1.29. The van der Waals surface area contributed by atoms with Gasteiger partial charge in [-0.15, -0.1) is 11.8 Å². The Labute approximate surface area is 132 Å². The maximum absolute atomic E-state index is 11.6. The maximum Gasteiger partial charge on any atom is 0.240 e. The molecule has 0 aromatic heterocycles. The predicted molar refractivity (Wildman–Crippen MR) is 92.0 cm³/mol. The maximum atomic E-state index is 11.6. The van der Waals surface area contributed by atoms with Crippen LogP contribution < -0.4 is 5.43 Å². The van der Waals surface area contributed by atoms with Gasteiger partial charge in [0.2, 0.25) is 5.91 Å². The molecule has 1 aromatic carbocycles. The van der Waals surface area contributed by atoms with Crippen LogP contribution in [0.1, 0.15) is 57.4 Å². The van der Waals surface area contributed by atoms with E-state index in [0.29, 0.717) is 6.42 Å². The van der Waals surface area contributed by atoms with E-state index in [9.17, 15) is 4.79 Å². The standard InChI is InChI=1S/C17H26N2OS/c1-3-4-5-6-7-8-9-17(20)19-18-14-15-10-12-16(21-2)13-11-15/h10-14H,3-9H2,1-2H3,(H,19,20). The van der Waals surface area contributed by atoms with Gasteiger partial charge in [0.1, 0.15) is 0 Å². The van der Waals surface area contributed by atoms with Crippen LogP contribution in [-0.2, 0) is 4.79 Å². The fraction of sp³-hybridized carbons (Fsp3) is 0.529. The topological polar surface area (TPSA) is 41.5 Å². The molecule has 116 valence electrons. The third-order valence-corrected chi connectivity index (χ3v) is 4.02. The summed E-state index contributed by atoms with van der Waals surface area (Å²) in [5.41, 5.74) is 3.58. The second kappa shape index (κ2) is 11.4. The zero-order chi connectivity index (χ0) is 15.3. The van der Waals surface area contributed by atoms with E-state index < -0.39 is 0 Å². The van der Waals surface area contributed by atoms with Crippen LogP contribution in [0.4, 0.5) is 0 Å². The zero-order valence-corrected chi connectivity index (χ0v) is 13.9. The first-order valence-electron chi connectivity index (χ1n) is 7.72. The molecule has 0 radical (unpaired) electrons. The van der Waals surface area contributed by atoms with Crippen LogP contribution >= 0.6 is 11.8 Å². The number of thioether (sulfide) groups is 1. The molecular weight excluding hydrogens is 280 g/mol. The highest BCUT2D eigenvalue weighted by molar-refractivity contribution is 7.98. The van der Waals surface area contributed by atoms with Gasteiger partial charge in [0, 0.05) is 11.3 Å². The van der Waals surface area contributed by atoms with Gasteiger partial charge in [0.25, 0.3) is 0 Å². The molecule has 0 bridgehead atoms.